The molecule has 7 heteroatoms. The summed E-state index contributed by atoms with van der Waals surface area (Å²) >= 11 is 0. The van der Waals surface area contributed by atoms with Crippen molar-refractivity contribution in [1.82, 2.24) is 0 Å². The van der Waals surface area contributed by atoms with Gasteiger partial charge in [-0.3, -0.25) is 0 Å². The van der Waals surface area contributed by atoms with Crippen molar-refractivity contribution in [3.63, 3.8) is 0 Å². The van der Waals surface area contributed by atoms with Gasteiger partial charge in [-0.1, -0.05) is 6.07 Å². The minimum atomic E-state index is -4.86. The summed E-state index contributed by atoms with van der Waals surface area (Å²) in [5, 5.41) is 0. The number of rotatable bonds is 2. The maximum Gasteiger partial charge on any atom is 0.419 e. The predicted octanol–water partition coefficient (Wildman–Crippen LogP) is 3.28. The summed E-state index contributed by atoms with van der Waals surface area (Å²) in [6.45, 7) is 0.916. The van der Waals surface area contributed by atoms with Gasteiger partial charge < -0.3 is 5.73 Å². The van der Waals surface area contributed by atoms with E-state index in [1.807, 2.05) is 0 Å². The number of benzene rings is 1. The number of nitrogens with two attached hydrogens (primary N) is 1. The second-order valence-corrected chi connectivity index (χ2v) is 3.78. The van der Waals surface area contributed by atoms with Crippen LogP contribution in [0.4, 0.5) is 26.3 Å². The number of halogens is 6. The molecule has 0 fully saturated rings. The molecule has 1 nitrogen and oxygen atoms in total. The fourth-order valence-electron chi connectivity index (χ4n) is 1.21. The van der Waals surface area contributed by atoms with Gasteiger partial charge in [-0.25, -0.2) is 13.2 Å². The summed E-state index contributed by atoms with van der Waals surface area (Å²) in [5.41, 5.74) is 1.12. The third-order valence-corrected chi connectivity index (χ3v) is 2.35. The average molecular weight is 257 g/mol. The Morgan fingerprint density at radius 3 is 2.06 bits per heavy atom. The van der Waals surface area contributed by atoms with Gasteiger partial charge in [0.15, 0.2) is 0 Å². The van der Waals surface area contributed by atoms with Gasteiger partial charge >= 0.3 is 6.18 Å². The van der Waals surface area contributed by atoms with E-state index in [1.54, 1.807) is 0 Å². The van der Waals surface area contributed by atoms with Crippen LogP contribution < -0.4 is 5.73 Å². The molecule has 0 radical (unpaired) electrons. The van der Waals surface area contributed by atoms with Gasteiger partial charge in [0, 0.05) is 0 Å². The molecule has 0 aliphatic heterocycles. The van der Waals surface area contributed by atoms with Crippen molar-refractivity contribution >= 4 is 0 Å². The highest BCUT2D eigenvalue weighted by Gasteiger charge is 2.37. The Morgan fingerprint density at radius 2 is 1.71 bits per heavy atom. The van der Waals surface area contributed by atoms with Crippen LogP contribution in [0.2, 0.25) is 0 Å². The molecule has 0 bridgehead atoms. The number of hydrogen-bond acceptors (Lipinski definition) is 1. The molecule has 0 saturated heterocycles. The Kier molecular flexibility index (Phi) is 3.42. The molecule has 0 saturated carbocycles. The van der Waals surface area contributed by atoms with E-state index in [0.29, 0.717) is 12.1 Å². The Bertz CT molecular complexity index is 410. The summed E-state index contributed by atoms with van der Waals surface area (Å²) in [4.78, 5) is 0. The molecule has 1 aromatic carbocycles. The van der Waals surface area contributed by atoms with E-state index in [9.17, 15) is 26.3 Å². The van der Waals surface area contributed by atoms with Crippen LogP contribution in [0.25, 0.3) is 0 Å². The zero-order valence-corrected chi connectivity index (χ0v) is 8.65. The van der Waals surface area contributed by atoms with Crippen molar-refractivity contribution in [2.45, 2.75) is 25.1 Å². The first kappa shape index (κ1) is 13.8. The quantitative estimate of drug-likeness (QED) is 0.808. The molecule has 0 spiro atoms. The van der Waals surface area contributed by atoms with Crippen LogP contribution in [-0.2, 0) is 11.7 Å². The number of alkyl halides is 5. The molecule has 1 rings (SSSR count). The van der Waals surface area contributed by atoms with Gasteiger partial charge in [0.25, 0.3) is 6.43 Å². The van der Waals surface area contributed by atoms with Crippen LogP contribution in [0.1, 0.15) is 18.1 Å². The van der Waals surface area contributed by atoms with Gasteiger partial charge in [0.1, 0.15) is 5.82 Å². The first-order valence-corrected chi connectivity index (χ1v) is 4.51. The SMILES string of the molecule is CC(N)(c1ccc(C(F)(F)F)c(F)c1)C(F)F. The van der Waals surface area contributed by atoms with Crippen molar-refractivity contribution in [1.29, 1.82) is 0 Å². The third-order valence-electron chi connectivity index (χ3n) is 2.35. The monoisotopic (exact) mass is 257 g/mol. The third kappa shape index (κ3) is 2.71. The molecule has 1 atom stereocenters. The molecule has 96 valence electrons. The van der Waals surface area contributed by atoms with Crippen molar-refractivity contribution in [2.24, 2.45) is 5.73 Å². The van der Waals surface area contributed by atoms with E-state index in [4.69, 9.17) is 5.73 Å². The normalized spacial score (nSPS) is 16.1. The van der Waals surface area contributed by atoms with E-state index in [1.165, 1.54) is 0 Å². The summed E-state index contributed by atoms with van der Waals surface area (Å²) < 4.78 is 74.8. The van der Waals surface area contributed by atoms with E-state index < -0.39 is 35.1 Å². The first-order valence-electron chi connectivity index (χ1n) is 4.51. The molecule has 1 unspecified atom stereocenters. The minimum absolute atomic E-state index is 0.384. The van der Waals surface area contributed by atoms with E-state index in [2.05, 4.69) is 0 Å². The van der Waals surface area contributed by atoms with Gasteiger partial charge in [-0.2, -0.15) is 13.2 Å². The van der Waals surface area contributed by atoms with Gasteiger partial charge in [0.2, 0.25) is 0 Å². The van der Waals surface area contributed by atoms with E-state index >= 15 is 0 Å². The fraction of sp³-hybridized carbons (Fsp3) is 0.400. The molecule has 0 heterocycles. The standard InChI is InChI=1S/C10H9F6N/c1-9(17,8(12)13)5-2-3-6(7(11)4-5)10(14,15)16/h2-4,8H,17H2,1H3. The second kappa shape index (κ2) is 4.21. The lowest BCUT2D eigenvalue weighted by Gasteiger charge is -2.24. The largest absolute Gasteiger partial charge is 0.419 e. The molecular formula is C10H9F6N. The van der Waals surface area contributed by atoms with Crippen molar-refractivity contribution < 1.29 is 26.3 Å². The second-order valence-electron chi connectivity index (χ2n) is 3.78. The molecule has 0 aromatic heterocycles. The zero-order chi connectivity index (χ0) is 13.4. The first-order chi connectivity index (χ1) is 7.56. The van der Waals surface area contributed by atoms with Gasteiger partial charge in [-0.15, -0.1) is 0 Å². The molecule has 0 amide bonds. The molecule has 17 heavy (non-hydrogen) atoms. The van der Waals surface area contributed by atoms with Crippen LogP contribution in [0.3, 0.4) is 0 Å². The Labute approximate surface area is 93.2 Å². The molecule has 2 N–H and O–H groups in total. The van der Waals surface area contributed by atoms with Crippen molar-refractivity contribution in [3.8, 4) is 0 Å². The minimum Gasteiger partial charge on any atom is -0.317 e. The van der Waals surface area contributed by atoms with Crippen molar-refractivity contribution in [3.05, 3.63) is 35.1 Å². The van der Waals surface area contributed by atoms with Gasteiger partial charge in [0.05, 0.1) is 11.1 Å². The summed E-state index contributed by atoms with van der Waals surface area (Å²) in [6.07, 6.45) is -7.88. The van der Waals surface area contributed by atoms with Crippen LogP contribution in [0.15, 0.2) is 18.2 Å². The molecular weight excluding hydrogens is 248 g/mol. The highest BCUT2D eigenvalue weighted by molar-refractivity contribution is 5.31. The predicted molar refractivity (Wildman–Crippen MR) is 48.9 cm³/mol. The molecule has 0 aliphatic carbocycles. The maximum absolute atomic E-state index is 13.1. The zero-order valence-electron chi connectivity index (χ0n) is 8.65. The summed E-state index contributed by atoms with van der Waals surface area (Å²) in [7, 11) is 0. The van der Waals surface area contributed by atoms with Crippen LogP contribution in [-0.4, -0.2) is 6.43 Å². The lowest BCUT2D eigenvalue weighted by atomic mass is 9.92. The highest BCUT2D eigenvalue weighted by atomic mass is 19.4. The molecule has 1 aromatic rings. The topological polar surface area (TPSA) is 26.0 Å². The maximum atomic E-state index is 13.1. The smallest absolute Gasteiger partial charge is 0.317 e. The van der Waals surface area contributed by atoms with Crippen molar-refractivity contribution in [2.75, 3.05) is 0 Å². The molecule has 0 aliphatic rings. The summed E-state index contributed by atoms with van der Waals surface area (Å²) in [6, 6.07) is 1.53. The Hall–Kier alpha value is -1.24. The van der Waals surface area contributed by atoms with Crippen LogP contribution in [0, 0.1) is 5.82 Å². The van der Waals surface area contributed by atoms with Crippen LogP contribution >= 0.6 is 0 Å². The van der Waals surface area contributed by atoms with E-state index in [0.717, 1.165) is 13.0 Å². The van der Waals surface area contributed by atoms with Gasteiger partial charge in [-0.05, 0) is 24.6 Å². The average Bonchev–Trinajstić information content (AvgIpc) is 2.15. The highest BCUT2D eigenvalue weighted by Crippen LogP contribution is 2.34. The summed E-state index contributed by atoms with van der Waals surface area (Å²) in [5.74, 6) is -1.62. The fourth-order valence-corrected chi connectivity index (χ4v) is 1.21. The Morgan fingerprint density at radius 1 is 1.18 bits per heavy atom. The number of hydrogen-bond donors (Lipinski definition) is 1. The van der Waals surface area contributed by atoms with E-state index in [-0.39, 0.29) is 0 Å². The Balaban J connectivity index is 3.23. The van der Waals surface area contributed by atoms with Crippen LogP contribution in [0.5, 0.6) is 0 Å². The lowest BCUT2D eigenvalue weighted by Crippen LogP contribution is -2.40. The lowest BCUT2D eigenvalue weighted by molar-refractivity contribution is -0.140.